The zero-order valence-corrected chi connectivity index (χ0v) is 20.6. The lowest BCUT2D eigenvalue weighted by Gasteiger charge is -2.17. The van der Waals surface area contributed by atoms with Crippen molar-refractivity contribution in [1.29, 1.82) is 5.26 Å². The van der Waals surface area contributed by atoms with Crippen molar-refractivity contribution < 1.29 is 14.3 Å². The number of carbonyl (C=O) groups excluding carboxylic acids is 1. The molecule has 5 nitrogen and oxygen atoms in total. The van der Waals surface area contributed by atoms with E-state index >= 15 is 0 Å². The minimum absolute atomic E-state index is 0.0256. The van der Waals surface area contributed by atoms with Crippen molar-refractivity contribution in [3.63, 3.8) is 0 Å². The largest absolute Gasteiger partial charge is 0.490 e. The Labute approximate surface area is 211 Å². The van der Waals surface area contributed by atoms with Crippen LogP contribution in [0.2, 0.25) is 5.02 Å². The number of halogens is 1. The highest BCUT2D eigenvalue weighted by Crippen LogP contribution is 2.36. The molecule has 0 aliphatic carbocycles. The first-order valence-corrected chi connectivity index (χ1v) is 11.6. The van der Waals surface area contributed by atoms with Gasteiger partial charge >= 0.3 is 0 Å². The molecular formula is C29H27ClN2O3. The molecular weight excluding hydrogens is 460 g/mol. The molecule has 0 saturated heterocycles. The summed E-state index contributed by atoms with van der Waals surface area (Å²) in [6.45, 7) is 8.37. The fourth-order valence-electron chi connectivity index (χ4n) is 3.42. The third-order valence-electron chi connectivity index (χ3n) is 5.13. The van der Waals surface area contributed by atoms with E-state index in [-0.39, 0.29) is 12.2 Å². The first-order chi connectivity index (χ1) is 16.9. The van der Waals surface area contributed by atoms with Gasteiger partial charge < -0.3 is 14.8 Å². The van der Waals surface area contributed by atoms with E-state index in [1.165, 1.54) is 6.08 Å². The van der Waals surface area contributed by atoms with Crippen molar-refractivity contribution in [3.05, 3.63) is 106 Å². The molecule has 0 fully saturated rings. The van der Waals surface area contributed by atoms with Crippen molar-refractivity contribution in [1.82, 2.24) is 0 Å². The molecule has 0 unspecified atom stereocenters. The van der Waals surface area contributed by atoms with Gasteiger partial charge in [0.25, 0.3) is 5.91 Å². The number of nitrogens with one attached hydrogen (secondary N) is 1. The van der Waals surface area contributed by atoms with Crippen LogP contribution in [-0.4, -0.2) is 12.5 Å². The Hall–Kier alpha value is -4.01. The molecule has 0 bridgehead atoms. The Morgan fingerprint density at radius 2 is 1.86 bits per heavy atom. The van der Waals surface area contributed by atoms with Gasteiger partial charge in [-0.05, 0) is 62.2 Å². The molecule has 0 saturated carbocycles. The number of hydrogen-bond donors (Lipinski definition) is 1. The van der Waals surface area contributed by atoms with Gasteiger partial charge in [0.2, 0.25) is 0 Å². The zero-order valence-electron chi connectivity index (χ0n) is 19.8. The Kier molecular flexibility index (Phi) is 9.11. The van der Waals surface area contributed by atoms with Gasteiger partial charge in [0.15, 0.2) is 11.5 Å². The maximum Gasteiger partial charge on any atom is 0.266 e. The minimum atomic E-state index is -0.487. The first-order valence-electron chi connectivity index (χ1n) is 11.2. The van der Waals surface area contributed by atoms with E-state index < -0.39 is 5.91 Å². The average Bonchev–Trinajstić information content (AvgIpc) is 2.84. The van der Waals surface area contributed by atoms with Crippen LogP contribution < -0.4 is 14.8 Å². The monoisotopic (exact) mass is 486 g/mol. The van der Waals surface area contributed by atoms with Gasteiger partial charge in [-0.3, -0.25) is 4.79 Å². The summed E-state index contributed by atoms with van der Waals surface area (Å²) in [6, 6.07) is 20.5. The Morgan fingerprint density at radius 1 is 1.11 bits per heavy atom. The number of nitrogens with zero attached hydrogens (tertiary/aromatic N) is 1. The van der Waals surface area contributed by atoms with Crippen molar-refractivity contribution in [2.45, 2.75) is 26.9 Å². The van der Waals surface area contributed by atoms with Crippen molar-refractivity contribution in [2.75, 3.05) is 11.9 Å². The topological polar surface area (TPSA) is 71.4 Å². The summed E-state index contributed by atoms with van der Waals surface area (Å²) in [5.74, 6) is 0.603. The second-order valence-corrected chi connectivity index (χ2v) is 8.21. The second kappa shape index (κ2) is 12.5. The van der Waals surface area contributed by atoms with Crippen LogP contribution in [0.5, 0.6) is 11.5 Å². The molecule has 0 radical (unpaired) electrons. The molecule has 1 amide bonds. The summed E-state index contributed by atoms with van der Waals surface area (Å²) >= 11 is 6.28. The number of nitriles is 1. The molecule has 3 aromatic rings. The van der Waals surface area contributed by atoms with E-state index in [1.807, 2.05) is 62.4 Å². The molecule has 0 aromatic heterocycles. The van der Waals surface area contributed by atoms with Crippen LogP contribution in [0.15, 0.2) is 78.9 Å². The fourth-order valence-corrected chi connectivity index (χ4v) is 3.61. The number of allylic oxidation sites excluding steroid dienone is 1. The van der Waals surface area contributed by atoms with Crippen LogP contribution in [0.3, 0.4) is 0 Å². The lowest BCUT2D eigenvalue weighted by atomic mass is 10.0. The van der Waals surface area contributed by atoms with Crippen LogP contribution in [0.4, 0.5) is 5.69 Å². The minimum Gasteiger partial charge on any atom is -0.490 e. The zero-order chi connectivity index (χ0) is 25.2. The molecule has 3 aromatic carbocycles. The van der Waals surface area contributed by atoms with E-state index in [9.17, 15) is 10.1 Å². The summed E-state index contributed by atoms with van der Waals surface area (Å²) in [5, 5.41) is 13.0. The van der Waals surface area contributed by atoms with E-state index in [2.05, 4.69) is 11.9 Å². The van der Waals surface area contributed by atoms with Crippen LogP contribution in [0, 0.1) is 18.3 Å². The smallest absolute Gasteiger partial charge is 0.266 e. The molecule has 0 aliphatic rings. The number of aryl methyl sites for hydroxylation is 1. The van der Waals surface area contributed by atoms with E-state index in [1.54, 1.807) is 24.3 Å². The number of rotatable bonds is 10. The molecule has 0 spiro atoms. The van der Waals surface area contributed by atoms with Gasteiger partial charge in [-0.1, -0.05) is 53.6 Å². The molecule has 1 N–H and O–H groups in total. The van der Waals surface area contributed by atoms with Crippen molar-refractivity contribution >= 4 is 29.3 Å². The number of benzene rings is 3. The number of anilines is 1. The Balaban J connectivity index is 1.93. The Morgan fingerprint density at radius 3 is 2.51 bits per heavy atom. The summed E-state index contributed by atoms with van der Waals surface area (Å²) < 4.78 is 12.0. The van der Waals surface area contributed by atoms with Gasteiger partial charge in [0.1, 0.15) is 18.2 Å². The maximum atomic E-state index is 12.7. The average molecular weight is 487 g/mol. The predicted molar refractivity (Wildman–Crippen MR) is 141 cm³/mol. The summed E-state index contributed by atoms with van der Waals surface area (Å²) in [4.78, 5) is 12.7. The van der Waals surface area contributed by atoms with Crippen molar-refractivity contribution in [2.24, 2.45) is 0 Å². The van der Waals surface area contributed by atoms with E-state index in [0.29, 0.717) is 40.8 Å². The van der Waals surface area contributed by atoms with Crippen LogP contribution >= 0.6 is 11.6 Å². The lowest BCUT2D eigenvalue weighted by Crippen LogP contribution is -2.13. The van der Waals surface area contributed by atoms with Crippen molar-refractivity contribution in [3.8, 4) is 17.6 Å². The highest BCUT2D eigenvalue weighted by Gasteiger charge is 2.16. The number of hydrogen-bond acceptors (Lipinski definition) is 4. The normalized spacial score (nSPS) is 10.9. The highest BCUT2D eigenvalue weighted by molar-refractivity contribution is 6.31. The number of amides is 1. The number of ether oxygens (including phenoxy) is 2. The quantitative estimate of drug-likeness (QED) is 0.192. The lowest BCUT2D eigenvalue weighted by molar-refractivity contribution is -0.112. The Bertz CT molecular complexity index is 1270. The van der Waals surface area contributed by atoms with E-state index in [0.717, 1.165) is 16.7 Å². The van der Waals surface area contributed by atoms with Gasteiger partial charge in [-0.2, -0.15) is 5.26 Å². The van der Waals surface area contributed by atoms with Gasteiger partial charge in [-0.15, -0.1) is 6.58 Å². The molecule has 178 valence electrons. The molecule has 0 atom stereocenters. The van der Waals surface area contributed by atoms with Gasteiger partial charge in [0, 0.05) is 21.8 Å². The molecule has 0 aliphatic heterocycles. The molecule has 0 heterocycles. The van der Waals surface area contributed by atoms with Gasteiger partial charge in [-0.25, -0.2) is 0 Å². The van der Waals surface area contributed by atoms with Crippen LogP contribution in [0.25, 0.3) is 6.08 Å². The maximum absolute atomic E-state index is 12.7. The predicted octanol–water partition coefficient (Wildman–Crippen LogP) is 6.90. The highest BCUT2D eigenvalue weighted by atomic mass is 35.5. The first kappa shape index (κ1) is 25.6. The van der Waals surface area contributed by atoms with Crippen LogP contribution in [0.1, 0.15) is 29.2 Å². The fraction of sp³-hybridized carbons (Fsp3) is 0.172. The van der Waals surface area contributed by atoms with Crippen LogP contribution in [-0.2, 0) is 17.8 Å². The van der Waals surface area contributed by atoms with Gasteiger partial charge in [0.05, 0.1) is 6.61 Å². The molecule has 6 heteroatoms. The standard InChI is InChI=1S/C29H27ClN2O3/c1-4-8-22-15-21(16-24(18-31)29(33)32-25-13-11-20(3)12-14-25)17-27(34-5-2)28(22)35-19-23-9-6-7-10-26(23)30/h4,6-7,9-17H,1,5,8,19H2,2-3H3,(H,32,33)/b24-16-. The summed E-state index contributed by atoms with van der Waals surface area (Å²) in [6.07, 6.45) is 3.81. The molecule has 3 rings (SSSR count). The third kappa shape index (κ3) is 6.99. The third-order valence-corrected chi connectivity index (χ3v) is 5.50. The summed E-state index contributed by atoms with van der Waals surface area (Å²) in [5.41, 5.74) is 3.99. The SMILES string of the molecule is C=CCc1cc(/C=C(/C#N)C(=O)Nc2ccc(C)cc2)cc(OCC)c1OCc1ccccc1Cl. The van der Waals surface area contributed by atoms with E-state index in [4.69, 9.17) is 21.1 Å². The number of carbonyl (C=O) groups is 1. The molecule has 35 heavy (non-hydrogen) atoms. The second-order valence-electron chi connectivity index (χ2n) is 7.80. The summed E-state index contributed by atoms with van der Waals surface area (Å²) in [7, 11) is 0.